The molecule has 0 bridgehead atoms. The van der Waals surface area contributed by atoms with Crippen molar-refractivity contribution < 1.29 is 8.42 Å². The van der Waals surface area contributed by atoms with Crippen molar-refractivity contribution in [3.8, 4) is 6.07 Å². The molecule has 186 valence electrons. The van der Waals surface area contributed by atoms with Crippen LogP contribution in [0.1, 0.15) is 33.3 Å². The fourth-order valence-electron chi connectivity index (χ4n) is 5.66. The third-order valence-corrected chi connectivity index (χ3v) is 15.1. The SMILES string of the molecule is Cc1ccc(S(=O)(=O)N2C/C(=C(/C#N)[Si](c3ccccc3)(c3ccccc3)C(C)(C)C)C(C)C2)cc1. The van der Waals surface area contributed by atoms with Gasteiger partial charge in [-0.25, -0.2) is 8.42 Å². The Morgan fingerprint density at radius 1 is 0.917 bits per heavy atom. The molecule has 6 heteroatoms. The van der Waals surface area contributed by atoms with Crippen LogP contribution >= 0.6 is 0 Å². The topological polar surface area (TPSA) is 61.2 Å². The van der Waals surface area contributed by atoms with Crippen LogP contribution in [0.3, 0.4) is 0 Å². The molecule has 4 nitrogen and oxygen atoms in total. The van der Waals surface area contributed by atoms with E-state index in [-0.39, 0.29) is 17.5 Å². The second-order valence-electron chi connectivity index (χ2n) is 10.8. The molecule has 4 rings (SSSR count). The standard InChI is InChI=1S/C30H34N2O2SSi/c1-23-16-18-25(19-17-23)35(33,34)32-21-24(2)28(22-32)29(20-31)36(30(3,4)5,26-12-8-6-9-13-26)27-14-10-7-11-15-27/h6-19,24H,21-22H2,1-5H3/b29-28+. The Bertz CT molecular complexity index is 1360. The first-order chi connectivity index (χ1) is 17.0. The minimum atomic E-state index is -3.67. The zero-order chi connectivity index (χ0) is 26.1. The van der Waals surface area contributed by atoms with Crippen LogP contribution in [-0.2, 0) is 10.0 Å². The largest absolute Gasteiger partial charge is 0.243 e. The van der Waals surface area contributed by atoms with Crippen molar-refractivity contribution in [3.63, 3.8) is 0 Å². The lowest BCUT2D eigenvalue weighted by Crippen LogP contribution is -2.66. The van der Waals surface area contributed by atoms with Gasteiger partial charge in [0.15, 0.2) is 8.07 Å². The molecular formula is C30H34N2O2SSi. The first kappa shape index (κ1) is 26.1. The van der Waals surface area contributed by atoms with Crippen LogP contribution in [0.2, 0.25) is 5.04 Å². The van der Waals surface area contributed by atoms with Crippen LogP contribution in [-0.4, -0.2) is 33.9 Å². The predicted octanol–water partition coefficient (Wildman–Crippen LogP) is 5.06. The zero-order valence-electron chi connectivity index (χ0n) is 21.7. The monoisotopic (exact) mass is 514 g/mol. The molecule has 3 aromatic carbocycles. The lowest BCUT2D eigenvalue weighted by Gasteiger charge is -2.44. The van der Waals surface area contributed by atoms with E-state index in [2.05, 4.69) is 58.0 Å². The third kappa shape index (κ3) is 4.36. The number of hydrogen-bond acceptors (Lipinski definition) is 3. The van der Waals surface area contributed by atoms with Gasteiger partial charge >= 0.3 is 0 Å². The van der Waals surface area contributed by atoms with Crippen LogP contribution in [0.5, 0.6) is 0 Å². The van der Waals surface area contributed by atoms with Crippen molar-refractivity contribution in [3.05, 3.63) is 101 Å². The van der Waals surface area contributed by atoms with Gasteiger partial charge in [-0.2, -0.15) is 9.57 Å². The summed E-state index contributed by atoms with van der Waals surface area (Å²) in [6.45, 7) is 11.3. The van der Waals surface area contributed by atoms with Crippen LogP contribution in [0.4, 0.5) is 0 Å². The number of aryl methyl sites for hydroxylation is 1. The summed E-state index contributed by atoms with van der Waals surface area (Å²) in [6.07, 6.45) is 0. The Hall–Kier alpha value is -2.98. The first-order valence-electron chi connectivity index (χ1n) is 12.3. The molecular weight excluding hydrogens is 480 g/mol. The first-order valence-corrected chi connectivity index (χ1v) is 15.8. The third-order valence-electron chi connectivity index (χ3n) is 7.42. The molecule has 0 radical (unpaired) electrons. The Morgan fingerprint density at radius 3 is 1.86 bits per heavy atom. The van der Waals surface area contributed by atoms with Gasteiger partial charge in [-0.15, -0.1) is 0 Å². The van der Waals surface area contributed by atoms with Crippen LogP contribution in [0.15, 0.2) is 101 Å². The number of hydrogen-bond donors (Lipinski definition) is 0. The van der Waals surface area contributed by atoms with Gasteiger partial charge in [-0.3, -0.25) is 0 Å². The van der Waals surface area contributed by atoms with Gasteiger partial charge < -0.3 is 0 Å². The van der Waals surface area contributed by atoms with Crippen molar-refractivity contribution in [2.24, 2.45) is 5.92 Å². The molecule has 1 saturated heterocycles. The van der Waals surface area contributed by atoms with Crippen LogP contribution in [0, 0.1) is 24.2 Å². The van der Waals surface area contributed by atoms with Gasteiger partial charge in [0.2, 0.25) is 10.0 Å². The second-order valence-corrected chi connectivity index (χ2v) is 17.3. The summed E-state index contributed by atoms with van der Waals surface area (Å²) in [5, 5.41) is 13.7. The highest BCUT2D eigenvalue weighted by molar-refractivity contribution is 7.89. The number of allylic oxidation sites excluding steroid dienone is 1. The minimum Gasteiger partial charge on any atom is -0.207 e. The molecule has 1 heterocycles. The highest BCUT2D eigenvalue weighted by Crippen LogP contribution is 2.43. The van der Waals surface area contributed by atoms with E-state index >= 15 is 0 Å². The average molecular weight is 515 g/mol. The maximum absolute atomic E-state index is 13.6. The van der Waals surface area contributed by atoms with Crippen LogP contribution < -0.4 is 10.4 Å². The Morgan fingerprint density at radius 2 is 1.42 bits per heavy atom. The van der Waals surface area contributed by atoms with E-state index in [1.165, 1.54) is 10.4 Å². The van der Waals surface area contributed by atoms with E-state index in [9.17, 15) is 13.7 Å². The molecule has 3 aromatic rings. The molecule has 1 atom stereocenters. The maximum Gasteiger partial charge on any atom is 0.243 e. The summed E-state index contributed by atoms with van der Waals surface area (Å²) >= 11 is 0. The molecule has 0 aromatic heterocycles. The van der Waals surface area contributed by atoms with Crippen LogP contribution in [0.25, 0.3) is 0 Å². The molecule has 0 saturated carbocycles. The van der Waals surface area contributed by atoms with Gasteiger partial charge in [0, 0.05) is 18.3 Å². The number of benzene rings is 3. The number of nitriles is 1. The molecule has 0 amide bonds. The fraction of sp³-hybridized carbons (Fsp3) is 0.300. The molecule has 1 fully saturated rings. The summed E-state index contributed by atoms with van der Waals surface area (Å²) in [5.74, 6) is -0.0541. The summed E-state index contributed by atoms with van der Waals surface area (Å²) in [5.41, 5.74) is 1.96. The number of rotatable bonds is 5. The van der Waals surface area contributed by atoms with E-state index in [1.807, 2.05) is 55.5 Å². The molecule has 1 aliphatic heterocycles. The minimum absolute atomic E-state index is 0.0541. The van der Waals surface area contributed by atoms with Gasteiger partial charge in [-0.1, -0.05) is 106 Å². The molecule has 36 heavy (non-hydrogen) atoms. The summed E-state index contributed by atoms with van der Waals surface area (Å²) < 4.78 is 28.7. The molecule has 1 unspecified atom stereocenters. The van der Waals surface area contributed by atoms with E-state index < -0.39 is 18.1 Å². The van der Waals surface area contributed by atoms with Crippen molar-refractivity contribution in [2.75, 3.05) is 13.1 Å². The van der Waals surface area contributed by atoms with Crippen molar-refractivity contribution >= 4 is 28.5 Å². The molecule has 1 aliphatic rings. The fourth-order valence-corrected chi connectivity index (χ4v) is 12.9. The van der Waals surface area contributed by atoms with E-state index in [0.717, 1.165) is 16.3 Å². The molecule has 0 spiro atoms. The van der Waals surface area contributed by atoms with Gasteiger partial charge in [-0.05, 0) is 46.0 Å². The summed E-state index contributed by atoms with van der Waals surface area (Å²) in [6, 6.07) is 30.4. The predicted molar refractivity (Wildman–Crippen MR) is 149 cm³/mol. The summed E-state index contributed by atoms with van der Waals surface area (Å²) in [4.78, 5) is 0.297. The van der Waals surface area contributed by atoms with Crippen molar-refractivity contribution in [1.29, 1.82) is 5.26 Å². The van der Waals surface area contributed by atoms with Gasteiger partial charge in [0.25, 0.3) is 0 Å². The van der Waals surface area contributed by atoms with Crippen molar-refractivity contribution in [2.45, 2.75) is 44.6 Å². The molecule has 0 N–H and O–H groups in total. The lowest BCUT2D eigenvalue weighted by molar-refractivity contribution is 0.464. The Balaban J connectivity index is 1.95. The smallest absolute Gasteiger partial charge is 0.207 e. The summed E-state index contributed by atoms with van der Waals surface area (Å²) in [7, 11) is -6.53. The highest BCUT2D eigenvalue weighted by atomic mass is 32.2. The van der Waals surface area contributed by atoms with Gasteiger partial charge in [0.1, 0.15) is 0 Å². The Labute approximate surface area is 217 Å². The molecule has 0 aliphatic carbocycles. The second kappa shape index (κ2) is 9.82. The number of sulfonamides is 1. The highest BCUT2D eigenvalue weighted by Gasteiger charge is 2.53. The average Bonchev–Trinajstić information content (AvgIpc) is 3.25. The quantitative estimate of drug-likeness (QED) is 0.353. The lowest BCUT2D eigenvalue weighted by atomic mass is 10.1. The normalized spacial score (nSPS) is 18.6. The van der Waals surface area contributed by atoms with Crippen molar-refractivity contribution in [1.82, 2.24) is 4.31 Å². The zero-order valence-corrected chi connectivity index (χ0v) is 23.5. The van der Waals surface area contributed by atoms with E-state index in [0.29, 0.717) is 11.4 Å². The Kier molecular flexibility index (Phi) is 7.11. The van der Waals surface area contributed by atoms with E-state index in [1.54, 1.807) is 16.4 Å². The number of nitrogens with zero attached hydrogens (tertiary/aromatic N) is 2. The van der Waals surface area contributed by atoms with Gasteiger partial charge in [0.05, 0.1) is 11.0 Å². The maximum atomic E-state index is 13.6. The van der Waals surface area contributed by atoms with E-state index in [4.69, 9.17) is 0 Å².